The molecular weight excluding hydrogens is 482 g/mol. The largest absolute Gasteiger partial charge is 0.394 e. The Morgan fingerprint density at radius 1 is 0.590 bits per heavy atom. The second-order valence-corrected chi connectivity index (χ2v) is 12.4. The number of hydrogen-bond donors (Lipinski definition) is 2. The molecule has 0 radical (unpaired) electrons. The molecule has 0 aliphatic rings. The number of unbranched alkanes of at least 4 members (excludes halogenated alkanes) is 21. The molecule has 2 unspecified atom stereocenters. The van der Waals surface area contributed by atoms with E-state index in [2.05, 4.69) is 20.8 Å². The minimum atomic E-state index is -0.835. The molecule has 0 bridgehead atoms. The number of nitrogens with zero attached hydrogens (tertiary/aromatic N) is 1. The lowest BCUT2D eigenvalue weighted by molar-refractivity contribution is -0.134. The molecule has 2 N–H and O–H groups in total. The number of aliphatic hydroxyl groups excluding tert-OH is 2. The summed E-state index contributed by atoms with van der Waals surface area (Å²) in [4.78, 5) is 15.0. The van der Waals surface area contributed by atoms with Crippen LogP contribution in [-0.2, 0) is 4.79 Å². The van der Waals surface area contributed by atoms with Crippen molar-refractivity contribution in [1.82, 2.24) is 4.90 Å². The molecule has 0 heterocycles. The topological polar surface area (TPSA) is 60.8 Å². The van der Waals surface area contributed by atoms with E-state index in [1.54, 1.807) is 0 Å². The fourth-order valence-corrected chi connectivity index (χ4v) is 5.70. The molecule has 2 atom stereocenters. The van der Waals surface area contributed by atoms with E-state index in [1.165, 1.54) is 135 Å². The zero-order chi connectivity index (χ0) is 28.8. The molecular formula is C35H71NO3. The van der Waals surface area contributed by atoms with Gasteiger partial charge in [0.1, 0.15) is 0 Å². The average Bonchev–Trinajstić information content (AvgIpc) is 2.94. The van der Waals surface area contributed by atoms with Crippen LogP contribution in [0.1, 0.15) is 188 Å². The maximum Gasteiger partial charge on any atom is 0.222 e. The van der Waals surface area contributed by atoms with Crippen molar-refractivity contribution in [3.05, 3.63) is 0 Å². The molecule has 0 aliphatic carbocycles. The Labute approximate surface area is 245 Å². The van der Waals surface area contributed by atoms with Gasteiger partial charge in [-0.15, -0.1) is 0 Å². The number of amides is 1. The smallest absolute Gasteiger partial charge is 0.222 e. The summed E-state index contributed by atoms with van der Waals surface area (Å²) in [6, 6.07) is 0. The third-order valence-corrected chi connectivity index (χ3v) is 8.53. The van der Waals surface area contributed by atoms with E-state index in [9.17, 15) is 15.0 Å². The second-order valence-electron chi connectivity index (χ2n) is 12.4. The van der Waals surface area contributed by atoms with Crippen LogP contribution in [0.4, 0.5) is 0 Å². The lowest BCUT2D eigenvalue weighted by Crippen LogP contribution is -2.40. The van der Waals surface area contributed by atoms with Crippen LogP contribution in [0.25, 0.3) is 0 Å². The first kappa shape index (κ1) is 38.4. The standard InChI is InChI=1S/C35H71NO3/c1-4-7-9-11-13-15-17-19-21-23-25-27-29-36(31-34(38)32-37)35(39)30-33(6-3)28-26-24-22-20-18-16-14-12-10-8-5-2/h33-34,37-38H,4-32H2,1-3H3. The summed E-state index contributed by atoms with van der Waals surface area (Å²) in [6.45, 7) is 7.45. The molecule has 0 aliphatic heterocycles. The average molecular weight is 554 g/mol. The van der Waals surface area contributed by atoms with Crippen LogP contribution in [0.3, 0.4) is 0 Å². The molecule has 0 aromatic heterocycles. The number of aliphatic hydroxyl groups is 2. The van der Waals surface area contributed by atoms with Gasteiger partial charge in [0, 0.05) is 19.5 Å². The lowest BCUT2D eigenvalue weighted by atomic mass is 9.94. The van der Waals surface area contributed by atoms with E-state index in [4.69, 9.17) is 0 Å². The first-order chi connectivity index (χ1) is 19.1. The highest BCUT2D eigenvalue weighted by Crippen LogP contribution is 2.21. The van der Waals surface area contributed by atoms with Crippen molar-refractivity contribution in [3.63, 3.8) is 0 Å². The van der Waals surface area contributed by atoms with E-state index in [0.717, 1.165) is 25.7 Å². The van der Waals surface area contributed by atoms with Crippen molar-refractivity contribution in [1.29, 1.82) is 0 Å². The van der Waals surface area contributed by atoms with Crippen LogP contribution in [0.2, 0.25) is 0 Å². The molecule has 234 valence electrons. The zero-order valence-electron chi connectivity index (χ0n) is 26.9. The van der Waals surface area contributed by atoms with Gasteiger partial charge in [0.15, 0.2) is 0 Å². The minimum absolute atomic E-state index is 0.167. The maximum atomic E-state index is 13.1. The van der Waals surface area contributed by atoms with Gasteiger partial charge in [-0.3, -0.25) is 4.79 Å². The van der Waals surface area contributed by atoms with Crippen molar-refractivity contribution >= 4 is 5.91 Å². The third-order valence-electron chi connectivity index (χ3n) is 8.53. The highest BCUT2D eigenvalue weighted by atomic mass is 16.3. The molecule has 0 spiro atoms. The molecule has 0 saturated carbocycles. The van der Waals surface area contributed by atoms with E-state index in [-0.39, 0.29) is 19.1 Å². The summed E-state index contributed by atoms with van der Waals surface area (Å²) in [5.74, 6) is 0.604. The van der Waals surface area contributed by atoms with Gasteiger partial charge in [-0.25, -0.2) is 0 Å². The van der Waals surface area contributed by atoms with Crippen LogP contribution in [0.5, 0.6) is 0 Å². The monoisotopic (exact) mass is 554 g/mol. The summed E-state index contributed by atoms with van der Waals surface area (Å²) < 4.78 is 0. The van der Waals surface area contributed by atoms with Gasteiger partial charge < -0.3 is 15.1 Å². The molecule has 1 amide bonds. The summed E-state index contributed by atoms with van der Waals surface area (Å²) in [6.07, 6.45) is 32.4. The molecule has 39 heavy (non-hydrogen) atoms. The lowest BCUT2D eigenvalue weighted by Gasteiger charge is -2.27. The SMILES string of the molecule is CCCCCCCCCCCCCCN(CC(O)CO)C(=O)CC(CC)CCCCCCCCCCCCC. The third kappa shape index (κ3) is 26.1. The van der Waals surface area contributed by atoms with Crippen molar-refractivity contribution in [2.24, 2.45) is 5.92 Å². The molecule has 0 saturated heterocycles. The zero-order valence-corrected chi connectivity index (χ0v) is 26.9. The van der Waals surface area contributed by atoms with Crippen molar-refractivity contribution in [2.75, 3.05) is 19.7 Å². The highest BCUT2D eigenvalue weighted by molar-refractivity contribution is 5.76. The molecule has 4 heteroatoms. The fraction of sp³-hybridized carbons (Fsp3) is 0.971. The molecule has 0 aromatic rings. The van der Waals surface area contributed by atoms with E-state index in [0.29, 0.717) is 18.9 Å². The Bertz CT molecular complexity index is 498. The summed E-state index contributed by atoms with van der Waals surface area (Å²) >= 11 is 0. The predicted molar refractivity (Wildman–Crippen MR) is 170 cm³/mol. The minimum Gasteiger partial charge on any atom is -0.394 e. The van der Waals surface area contributed by atoms with Crippen LogP contribution in [0, 0.1) is 5.92 Å². The number of hydrogen-bond acceptors (Lipinski definition) is 3. The van der Waals surface area contributed by atoms with Gasteiger partial charge in [-0.1, -0.05) is 168 Å². The first-order valence-corrected chi connectivity index (χ1v) is 17.7. The second kappa shape index (κ2) is 30.4. The van der Waals surface area contributed by atoms with Crippen LogP contribution in [0.15, 0.2) is 0 Å². The molecule has 4 nitrogen and oxygen atoms in total. The van der Waals surface area contributed by atoms with Crippen LogP contribution < -0.4 is 0 Å². The van der Waals surface area contributed by atoms with Crippen molar-refractivity contribution in [3.8, 4) is 0 Å². The summed E-state index contributed by atoms with van der Waals surface area (Å²) in [7, 11) is 0. The van der Waals surface area contributed by atoms with Gasteiger partial charge >= 0.3 is 0 Å². The Balaban J connectivity index is 4.06. The Hall–Kier alpha value is -0.610. The maximum absolute atomic E-state index is 13.1. The molecule has 0 aromatic carbocycles. The van der Waals surface area contributed by atoms with E-state index >= 15 is 0 Å². The molecule has 0 fully saturated rings. The van der Waals surface area contributed by atoms with Crippen molar-refractivity contribution in [2.45, 2.75) is 194 Å². The Morgan fingerprint density at radius 3 is 1.36 bits per heavy atom. The number of carbonyl (C=O) groups is 1. The quantitative estimate of drug-likeness (QED) is 0.0840. The van der Waals surface area contributed by atoms with Gasteiger partial charge in [-0.05, 0) is 18.8 Å². The van der Waals surface area contributed by atoms with Gasteiger partial charge in [0.2, 0.25) is 5.91 Å². The Morgan fingerprint density at radius 2 is 0.974 bits per heavy atom. The van der Waals surface area contributed by atoms with Gasteiger partial charge in [0.05, 0.1) is 12.7 Å². The van der Waals surface area contributed by atoms with E-state index in [1.807, 2.05) is 4.90 Å². The first-order valence-electron chi connectivity index (χ1n) is 17.7. The predicted octanol–water partition coefficient (Wildman–Crippen LogP) is 9.99. The summed E-state index contributed by atoms with van der Waals surface area (Å²) in [5, 5.41) is 19.4. The van der Waals surface area contributed by atoms with Crippen LogP contribution >= 0.6 is 0 Å². The van der Waals surface area contributed by atoms with Gasteiger partial charge in [-0.2, -0.15) is 0 Å². The highest BCUT2D eigenvalue weighted by Gasteiger charge is 2.20. The van der Waals surface area contributed by atoms with Crippen molar-refractivity contribution < 1.29 is 15.0 Å². The summed E-state index contributed by atoms with van der Waals surface area (Å²) in [5.41, 5.74) is 0. The Kier molecular flexibility index (Phi) is 29.9. The number of rotatable bonds is 31. The van der Waals surface area contributed by atoms with Gasteiger partial charge in [0.25, 0.3) is 0 Å². The van der Waals surface area contributed by atoms with E-state index < -0.39 is 6.10 Å². The molecule has 0 rings (SSSR count). The fourth-order valence-electron chi connectivity index (χ4n) is 5.70. The van der Waals surface area contributed by atoms with Crippen LogP contribution in [-0.4, -0.2) is 46.8 Å². The normalized spacial score (nSPS) is 13.1. The number of carbonyl (C=O) groups excluding carboxylic acids is 1.